The van der Waals surface area contributed by atoms with Crippen LogP contribution in [0.5, 0.6) is 0 Å². The van der Waals surface area contributed by atoms with Gasteiger partial charge >= 0.3 is 0 Å². The van der Waals surface area contributed by atoms with Crippen molar-refractivity contribution < 1.29 is 0 Å². The molecule has 0 aliphatic carbocycles. The third-order valence-corrected chi connectivity index (χ3v) is 4.44. The first-order chi connectivity index (χ1) is 8.75. The average Bonchev–Trinajstić information content (AvgIpc) is 2.68. The number of fused-ring (bicyclic) bond motifs is 1. The highest BCUT2D eigenvalue weighted by atomic mass is 35.5. The molecule has 2 aliphatic heterocycles. The summed E-state index contributed by atoms with van der Waals surface area (Å²) in [4.78, 5) is 5.00. The Balaban J connectivity index is 1.87. The van der Waals surface area contributed by atoms with E-state index in [1.54, 1.807) is 0 Å². The zero-order valence-electron chi connectivity index (χ0n) is 10.6. The summed E-state index contributed by atoms with van der Waals surface area (Å²) in [6, 6.07) is 6.48. The van der Waals surface area contributed by atoms with Gasteiger partial charge in [-0.3, -0.25) is 4.90 Å². The van der Waals surface area contributed by atoms with Crippen LogP contribution in [0.3, 0.4) is 0 Å². The summed E-state index contributed by atoms with van der Waals surface area (Å²) in [5, 5.41) is 0.779. The Morgan fingerprint density at radius 1 is 1.17 bits per heavy atom. The normalized spacial score (nSPS) is 24.9. The highest BCUT2D eigenvalue weighted by Gasteiger charge is 2.29. The molecule has 0 aromatic heterocycles. The van der Waals surface area contributed by atoms with E-state index in [0.717, 1.165) is 29.5 Å². The van der Waals surface area contributed by atoms with Gasteiger partial charge in [0.05, 0.1) is 16.4 Å². The molecule has 18 heavy (non-hydrogen) atoms. The zero-order chi connectivity index (χ0) is 12.5. The lowest BCUT2D eigenvalue weighted by Crippen LogP contribution is -2.37. The van der Waals surface area contributed by atoms with E-state index in [4.69, 9.17) is 17.3 Å². The maximum absolute atomic E-state index is 6.32. The zero-order valence-corrected chi connectivity index (χ0v) is 11.4. The fraction of sp³-hybridized carbons (Fsp3) is 0.571. The number of benzene rings is 1. The number of anilines is 2. The highest BCUT2D eigenvalue weighted by Crippen LogP contribution is 2.34. The Labute approximate surface area is 114 Å². The van der Waals surface area contributed by atoms with Crippen LogP contribution in [-0.2, 0) is 0 Å². The van der Waals surface area contributed by atoms with E-state index < -0.39 is 0 Å². The number of hydrogen-bond donors (Lipinski definition) is 1. The summed E-state index contributed by atoms with van der Waals surface area (Å²) >= 11 is 6.32. The number of halogens is 1. The lowest BCUT2D eigenvalue weighted by atomic mass is 10.2. The minimum Gasteiger partial charge on any atom is -0.397 e. The van der Waals surface area contributed by atoms with Gasteiger partial charge in [0.15, 0.2) is 0 Å². The van der Waals surface area contributed by atoms with Gasteiger partial charge in [-0.25, -0.2) is 0 Å². The van der Waals surface area contributed by atoms with Gasteiger partial charge in [-0.2, -0.15) is 0 Å². The van der Waals surface area contributed by atoms with E-state index >= 15 is 0 Å². The lowest BCUT2D eigenvalue weighted by Gasteiger charge is -2.28. The van der Waals surface area contributed by atoms with E-state index in [0.29, 0.717) is 6.04 Å². The summed E-state index contributed by atoms with van der Waals surface area (Å²) in [5.41, 5.74) is 7.94. The van der Waals surface area contributed by atoms with Gasteiger partial charge in [-0.05, 0) is 37.9 Å². The molecule has 0 amide bonds. The Hall–Kier alpha value is -0.930. The van der Waals surface area contributed by atoms with Crippen LogP contribution in [0.25, 0.3) is 0 Å². The predicted molar refractivity (Wildman–Crippen MR) is 77.3 cm³/mol. The average molecular weight is 266 g/mol. The van der Waals surface area contributed by atoms with Gasteiger partial charge < -0.3 is 10.6 Å². The first kappa shape index (κ1) is 12.1. The van der Waals surface area contributed by atoms with E-state index in [-0.39, 0.29) is 0 Å². The summed E-state index contributed by atoms with van der Waals surface area (Å²) in [6.07, 6.45) is 3.83. The Morgan fingerprint density at radius 2 is 2.00 bits per heavy atom. The molecule has 3 nitrogen and oxygen atoms in total. The molecule has 2 heterocycles. The third-order valence-electron chi connectivity index (χ3n) is 4.14. The molecule has 2 saturated heterocycles. The molecule has 0 saturated carbocycles. The van der Waals surface area contributed by atoms with Crippen molar-refractivity contribution in [1.29, 1.82) is 0 Å². The number of nitrogens with zero attached hydrogens (tertiary/aromatic N) is 2. The molecule has 98 valence electrons. The van der Waals surface area contributed by atoms with Gasteiger partial charge in [0.25, 0.3) is 0 Å². The molecule has 0 spiro atoms. The summed E-state index contributed by atoms with van der Waals surface area (Å²) < 4.78 is 0. The lowest BCUT2D eigenvalue weighted by molar-refractivity contribution is 0.273. The highest BCUT2D eigenvalue weighted by molar-refractivity contribution is 6.34. The molecule has 1 unspecified atom stereocenters. The van der Waals surface area contributed by atoms with Crippen molar-refractivity contribution in [2.24, 2.45) is 0 Å². The number of nitrogens with two attached hydrogens (primary N) is 1. The largest absolute Gasteiger partial charge is 0.397 e. The number of nitrogen functional groups attached to an aromatic ring is 1. The predicted octanol–water partition coefficient (Wildman–Crippen LogP) is 2.60. The van der Waals surface area contributed by atoms with Crippen molar-refractivity contribution >= 4 is 23.0 Å². The van der Waals surface area contributed by atoms with E-state index in [9.17, 15) is 0 Å². The van der Waals surface area contributed by atoms with Crippen LogP contribution in [0.2, 0.25) is 5.02 Å². The van der Waals surface area contributed by atoms with Gasteiger partial charge in [0, 0.05) is 25.7 Å². The van der Waals surface area contributed by atoms with E-state index in [2.05, 4.69) is 9.80 Å². The van der Waals surface area contributed by atoms with Crippen LogP contribution in [0.4, 0.5) is 11.4 Å². The fourth-order valence-corrected chi connectivity index (χ4v) is 3.58. The molecule has 1 atom stereocenters. The van der Waals surface area contributed by atoms with Crippen LogP contribution in [-0.4, -0.2) is 37.1 Å². The second-order valence-electron chi connectivity index (χ2n) is 5.31. The van der Waals surface area contributed by atoms with Crippen molar-refractivity contribution in [2.75, 3.05) is 36.8 Å². The molecule has 1 aromatic rings. The quantitative estimate of drug-likeness (QED) is 0.793. The standard InChI is InChI=1S/C14H20ClN3/c15-12-5-1-6-13(16)14(12)18-9-3-8-17-7-2-4-11(17)10-18/h1,5-6,11H,2-4,7-10,16H2. The Bertz CT molecular complexity index is 415. The smallest absolute Gasteiger partial charge is 0.0789 e. The number of hydrogen-bond acceptors (Lipinski definition) is 3. The van der Waals surface area contributed by atoms with Crippen LogP contribution in [0.15, 0.2) is 18.2 Å². The molecule has 1 aromatic carbocycles. The van der Waals surface area contributed by atoms with E-state index in [1.807, 2.05) is 18.2 Å². The van der Waals surface area contributed by atoms with Crippen molar-refractivity contribution in [2.45, 2.75) is 25.3 Å². The summed E-state index contributed by atoms with van der Waals surface area (Å²) in [7, 11) is 0. The first-order valence-corrected chi connectivity index (χ1v) is 7.16. The second-order valence-corrected chi connectivity index (χ2v) is 5.72. The molecule has 3 rings (SSSR count). The topological polar surface area (TPSA) is 32.5 Å². The minimum absolute atomic E-state index is 0.683. The van der Waals surface area contributed by atoms with Crippen molar-refractivity contribution in [3.63, 3.8) is 0 Å². The van der Waals surface area contributed by atoms with Crippen LogP contribution in [0.1, 0.15) is 19.3 Å². The molecule has 0 bridgehead atoms. The molecule has 2 aliphatic rings. The molecule has 2 fully saturated rings. The van der Waals surface area contributed by atoms with Crippen molar-refractivity contribution in [1.82, 2.24) is 4.90 Å². The summed E-state index contributed by atoms with van der Waals surface area (Å²) in [5.74, 6) is 0. The molecule has 0 radical (unpaired) electrons. The number of para-hydroxylation sites is 1. The minimum atomic E-state index is 0.683. The fourth-order valence-electron chi connectivity index (χ4n) is 3.28. The number of rotatable bonds is 1. The van der Waals surface area contributed by atoms with Gasteiger partial charge in [-0.15, -0.1) is 0 Å². The third kappa shape index (κ3) is 2.17. The SMILES string of the molecule is Nc1cccc(Cl)c1N1CCCN2CCCC2C1. The first-order valence-electron chi connectivity index (χ1n) is 6.78. The van der Waals surface area contributed by atoms with Gasteiger partial charge in [-0.1, -0.05) is 17.7 Å². The Morgan fingerprint density at radius 3 is 2.83 bits per heavy atom. The monoisotopic (exact) mass is 265 g/mol. The molecule has 4 heteroatoms. The van der Waals surface area contributed by atoms with Gasteiger partial charge in [0.1, 0.15) is 0 Å². The van der Waals surface area contributed by atoms with Crippen LogP contribution in [0, 0.1) is 0 Å². The Kier molecular flexibility index (Phi) is 3.35. The van der Waals surface area contributed by atoms with Crippen LogP contribution >= 0.6 is 11.6 Å². The van der Waals surface area contributed by atoms with Crippen molar-refractivity contribution in [3.05, 3.63) is 23.2 Å². The second kappa shape index (κ2) is 4.98. The van der Waals surface area contributed by atoms with Crippen LogP contribution < -0.4 is 10.6 Å². The van der Waals surface area contributed by atoms with Crippen molar-refractivity contribution in [3.8, 4) is 0 Å². The van der Waals surface area contributed by atoms with E-state index in [1.165, 1.54) is 32.4 Å². The molecular formula is C14H20ClN3. The maximum atomic E-state index is 6.32. The summed E-state index contributed by atoms with van der Waals surface area (Å²) in [6.45, 7) is 4.59. The molecule has 2 N–H and O–H groups in total. The maximum Gasteiger partial charge on any atom is 0.0789 e. The molecular weight excluding hydrogens is 246 g/mol. The van der Waals surface area contributed by atoms with Gasteiger partial charge in [0.2, 0.25) is 0 Å².